The van der Waals surface area contributed by atoms with Gasteiger partial charge in [0.2, 0.25) is 0 Å². The van der Waals surface area contributed by atoms with Crippen LogP contribution >= 0.6 is 0 Å². The predicted octanol–water partition coefficient (Wildman–Crippen LogP) is 5.81. The molecule has 1 aliphatic rings. The third kappa shape index (κ3) is 4.28. The first-order valence-electron chi connectivity index (χ1n) is 10.9. The fourth-order valence-corrected chi connectivity index (χ4v) is 4.10. The maximum Gasteiger partial charge on any atom is 0.255 e. The number of nitrogens with one attached hydrogen (secondary N) is 2. The van der Waals surface area contributed by atoms with Crippen LogP contribution in [-0.2, 0) is 13.0 Å². The number of aryl methyl sites for hydroxylation is 1. The van der Waals surface area contributed by atoms with Crippen LogP contribution in [0.25, 0.3) is 10.8 Å². The van der Waals surface area contributed by atoms with Crippen LogP contribution in [0, 0.1) is 0 Å². The number of pyridine rings is 1. The minimum atomic E-state index is -0.161. The molecule has 4 aromatic rings. The van der Waals surface area contributed by atoms with Crippen molar-refractivity contribution in [3.8, 4) is 5.75 Å². The van der Waals surface area contributed by atoms with Crippen LogP contribution in [0.3, 0.4) is 0 Å². The zero-order chi connectivity index (χ0) is 21.9. The van der Waals surface area contributed by atoms with Crippen LogP contribution in [0.5, 0.6) is 5.75 Å². The molecule has 3 aromatic carbocycles. The molecule has 1 aromatic heterocycles. The van der Waals surface area contributed by atoms with Crippen molar-refractivity contribution in [1.29, 1.82) is 0 Å². The van der Waals surface area contributed by atoms with E-state index < -0.39 is 0 Å². The maximum absolute atomic E-state index is 12.9. The van der Waals surface area contributed by atoms with Crippen molar-refractivity contribution in [2.45, 2.75) is 32.4 Å². The monoisotopic (exact) mass is 423 g/mol. The Morgan fingerprint density at radius 3 is 2.94 bits per heavy atom. The number of aromatic nitrogens is 1. The summed E-state index contributed by atoms with van der Waals surface area (Å²) >= 11 is 0. The van der Waals surface area contributed by atoms with E-state index in [1.165, 1.54) is 5.56 Å². The minimum Gasteiger partial charge on any atom is -0.489 e. The Bertz CT molecular complexity index is 1280. The Hall–Kier alpha value is -3.86. The molecule has 0 bridgehead atoms. The first-order valence-corrected chi connectivity index (χ1v) is 10.9. The molecule has 0 saturated carbocycles. The Labute approximate surface area is 187 Å². The number of hydrogen-bond acceptors (Lipinski definition) is 4. The normalized spacial score (nSPS) is 15.0. The molecular formula is C27H25N3O2. The highest BCUT2D eigenvalue weighted by Crippen LogP contribution is 2.28. The first kappa shape index (κ1) is 20.1. The molecule has 5 rings (SSSR count). The van der Waals surface area contributed by atoms with Crippen LogP contribution in [0.4, 0.5) is 11.4 Å². The molecule has 0 saturated heterocycles. The summed E-state index contributed by atoms with van der Waals surface area (Å²) in [4.78, 5) is 17.2. The van der Waals surface area contributed by atoms with Crippen molar-refractivity contribution < 1.29 is 9.53 Å². The Morgan fingerprint density at radius 1 is 1.09 bits per heavy atom. The molecule has 1 unspecified atom stereocenters. The third-order valence-electron chi connectivity index (χ3n) is 5.86. The van der Waals surface area contributed by atoms with E-state index in [4.69, 9.17) is 4.74 Å². The van der Waals surface area contributed by atoms with Gasteiger partial charge in [0.05, 0.1) is 0 Å². The van der Waals surface area contributed by atoms with E-state index in [2.05, 4.69) is 34.7 Å². The molecule has 0 spiro atoms. The minimum absolute atomic E-state index is 0.161. The van der Waals surface area contributed by atoms with Crippen molar-refractivity contribution >= 4 is 28.1 Å². The molecule has 1 atom stereocenters. The molecule has 5 nitrogen and oxygen atoms in total. The van der Waals surface area contributed by atoms with Crippen LogP contribution in [0.2, 0.25) is 0 Å². The van der Waals surface area contributed by atoms with E-state index in [9.17, 15) is 4.79 Å². The van der Waals surface area contributed by atoms with E-state index in [1.54, 1.807) is 12.1 Å². The lowest BCUT2D eigenvalue weighted by atomic mass is 9.98. The van der Waals surface area contributed by atoms with Gasteiger partial charge in [-0.2, -0.15) is 0 Å². The molecule has 2 N–H and O–H groups in total. The number of rotatable bonds is 5. The molecule has 0 aliphatic carbocycles. The summed E-state index contributed by atoms with van der Waals surface area (Å²) in [5.74, 6) is 0.484. The van der Waals surface area contributed by atoms with Crippen molar-refractivity contribution in [2.24, 2.45) is 0 Å². The van der Waals surface area contributed by atoms with Gasteiger partial charge in [-0.05, 0) is 61.0 Å². The summed E-state index contributed by atoms with van der Waals surface area (Å²) in [5.41, 5.74) is 4.73. The van der Waals surface area contributed by atoms with E-state index in [-0.39, 0.29) is 5.91 Å². The SMILES string of the molecule is CC1CCc2ccc(NC(=O)c3cccc(OCc4cncc5ccccc45)c3)cc2N1. The number of fused-ring (bicyclic) bond motifs is 2. The molecule has 2 heterocycles. The van der Waals surface area contributed by atoms with Gasteiger partial charge in [0.25, 0.3) is 5.91 Å². The standard InChI is InChI=1S/C27H25N3O2/c1-18-9-10-19-11-12-23(14-26(19)29-18)30-27(31)20-6-4-7-24(13-20)32-17-22-16-28-15-21-5-2-3-8-25(21)22/h2-8,11-16,18,29H,9-10,17H2,1H3,(H,30,31). The van der Waals surface area contributed by atoms with Gasteiger partial charge in [0, 0.05) is 46.3 Å². The number of carbonyl (C=O) groups is 1. The Balaban J connectivity index is 1.28. The molecular weight excluding hydrogens is 398 g/mol. The number of nitrogens with zero attached hydrogens (tertiary/aromatic N) is 1. The lowest BCUT2D eigenvalue weighted by Gasteiger charge is -2.24. The van der Waals surface area contributed by atoms with Crippen molar-refractivity contribution in [3.63, 3.8) is 0 Å². The smallest absolute Gasteiger partial charge is 0.255 e. The highest BCUT2D eigenvalue weighted by Gasteiger charge is 2.15. The Kier molecular flexibility index (Phi) is 5.46. The van der Waals surface area contributed by atoms with Gasteiger partial charge in [-0.1, -0.05) is 36.4 Å². The van der Waals surface area contributed by atoms with Gasteiger partial charge < -0.3 is 15.4 Å². The fraction of sp³-hybridized carbons (Fsp3) is 0.185. The number of hydrogen-bond donors (Lipinski definition) is 2. The van der Waals surface area contributed by atoms with Gasteiger partial charge >= 0.3 is 0 Å². The van der Waals surface area contributed by atoms with Crippen LogP contribution in [0.1, 0.15) is 34.8 Å². The summed E-state index contributed by atoms with van der Waals surface area (Å²) in [7, 11) is 0. The van der Waals surface area contributed by atoms with E-state index in [0.717, 1.165) is 40.6 Å². The highest BCUT2D eigenvalue weighted by atomic mass is 16.5. The summed E-state index contributed by atoms with van der Waals surface area (Å²) in [6, 6.07) is 21.9. The number of benzene rings is 3. The van der Waals surface area contributed by atoms with E-state index in [0.29, 0.717) is 24.0 Å². The average Bonchev–Trinajstić information content (AvgIpc) is 2.82. The molecule has 1 aliphatic heterocycles. The van der Waals surface area contributed by atoms with Gasteiger partial charge in [0.15, 0.2) is 0 Å². The summed E-state index contributed by atoms with van der Waals surface area (Å²) in [6.07, 6.45) is 5.86. The van der Waals surface area contributed by atoms with Crippen molar-refractivity contribution in [2.75, 3.05) is 10.6 Å². The number of anilines is 2. The van der Waals surface area contributed by atoms with Crippen LogP contribution in [-0.4, -0.2) is 16.9 Å². The summed E-state index contributed by atoms with van der Waals surface area (Å²) in [6.45, 7) is 2.56. The van der Waals surface area contributed by atoms with Crippen LogP contribution in [0.15, 0.2) is 79.1 Å². The summed E-state index contributed by atoms with van der Waals surface area (Å²) < 4.78 is 6.00. The largest absolute Gasteiger partial charge is 0.489 e. The average molecular weight is 424 g/mol. The first-order chi connectivity index (χ1) is 15.7. The third-order valence-corrected chi connectivity index (χ3v) is 5.86. The summed E-state index contributed by atoms with van der Waals surface area (Å²) in [5, 5.41) is 8.69. The second-order valence-corrected chi connectivity index (χ2v) is 8.25. The maximum atomic E-state index is 12.9. The highest BCUT2D eigenvalue weighted by molar-refractivity contribution is 6.04. The lowest BCUT2D eigenvalue weighted by molar-refractivity contribution is 0.102. The van der Waals surface area contributed by atoms with Crippen molar-refractivity contribution in [3.05, 3.63) is 95.8 Å². The van der Waals surface area contributed by atoms with E-state index in [1.807, 2.05) is 54.9 Å². The molecule has 160 valence electrons. The molecule has 5 heteroatoms. The predicted molar refractivity (Wildman–Crippen MR) is 128 cm³/mol. The molecule has 1 amide bonds. The lowest BCUT2D eigenvalue weighted by Crippen LogP contribution is -2.22. The molecule has 0 fully saturated rings. The van der Waals surface area contributed by atoms with Gasteiger partial charge in [-0.25, -0.2) is 0 Å². The van der Waals surface area contributed by atoms with Crippen LogP contribution < -0.4 is 15.4 Å². The quantitative estimate of drug-likeness (QED) is 0.425. The second kappa shape index (κ2) is 8.71. The van der Waals surface area contributed by atoms with Gasteiger partial charge in [-0.15, -0.1) is 0 Å². The van der Waals surface area contributed by atoms with Crippen molar-refractivity contribution in [1.82, 2.24) is 4.98 Å². The number of ether oxygens (including phenoxy) is 1. The van der Waals surface area contributed by atoms with E-state index >= 15 is 0 Å². The zero-order valence-electron chi connectivity index (χ0n) is 18.0. The fourth-order valence-electron chi connectivity index (χ4n) is 4.10. The number of amides is 1. The van der Waals surface area contributed by atoms with Gasteiger partial charge in [0.1, 0.15) is 12.4 Å². The van der Waals surface area contributed by atoms with Gasteiger partial charge in [-0.3, -0.25) is 9.78 Å². The topological polar surface area (TPSA) is 63.2 Å². The Morgan fingerprint density at radius 2 is 2.00 bits per heavy atom. The molecule has 32 heavy (non-hydrogen) atoms. The molecule has 0 radical (unpaired) electrons. The zero-order valence-corrected chi connectivity index (χ0v) is 18.0. The number of carbonyl (C=O) groups excluding carboxylic acids is 1. The second-order valence-electron chi connectivity index (χ2n) is 8.25.